The molecule has 2 amide bonds. The van der Waals surface area contributed by atoms with Crippen LogP contribution < -0.4 is 14.4 Å². The van der Waals surface area contributed by atoms with E-state index in [9.17, 15) is 18.0 Å². The summed E-state index contributed by atoms with van der Waals surface area (Å²) in [5, 5.41) is 3.59. The third-order valence-electron chi connectivity index (χ3n) is 6.43. The monoisotopic (exact) mass is 633 g/mol. The van der Waals surface area contributed by atoms with Crippen LogP contribution in [0.4, 0.5) is 5.69 Å². The lowest BCUT2D eigenvalue weighted by Crippen LogP contribution is -2.55. The number of ether oxygens (including phenoxy) is 1. The molecular formula is C31H37Cl2N3O5S. The van der Waals surface area contributed by atoms with Crippen molar-refractivity contribution in [3.8, 4) is 5.75 Å². The summed E-state index contributed by atoms with van der Waals surface area (Å²) in [5.41, 5.74) is 1.05. The molecule has 0 saturated carbocycles. The van der Waals surface area contributed by atoms with Crippen molar-refractivity contribution in [1.29, 1.82) is 0 Å². The van der Waals surface area contributed by atoms with Crippen molar-refractivity contribution in [2.24, 2.45) is 0 Å². The van der Waals surface area contributed by atoms with E-state index in [2.05, 4.69) is 5.32 Å². The zero-order valence-electron chi connectivity index (χ0n) is 24.6. The fourth-order valence-electron chi connectivity index (χ4n) is 4.44. The highest BCUT2D eigenvalue weighted by Gasteiger charge is 2.35. The van der Waals surface area contributed by atoms with Gasteiger partial charge in [0.1, 0.15) is 18.3 Å². The molecule has 0 bridgehead atoms. The topological polar surface area (TPSA) is 96.0 Å². The predicted octanol–water partition coefficient (Wildman–Crippen LogP) is 6.23. The second-order valence-corrected chi connectivity index (χ2v) is 13.6. The van der Waals surface area contributed by atoms with Crippen LogP contribution in [0.3, 0.4) is 0 Å². The molecule has 0 unspecified atom stereocenters. The lowest BCUT2D eigenvalue weighted by atomic mass is 10.1. The summed E-state index contributed by atoms with van der Waals surface area (Å²) in [6.07, 6.45) is 0.286. The van der Waals surface area contributed by atoms with Gasteiger partial charge in [0, 0.05) is 12.1 Å². The number of hydrogen-bond donors (Lipinski definition) is 1. The van der Waals surface area contributed by atoms with Crippen molar-refractivity contribution in [1.82, 2.24) is 10.2 Å². The smallest absolute Gasteiger partial charge is 0.264 e. The van der Waals surface area contributed by atoms with Gasteiger partial charge in [-0.05, 0) is 81.6 Å². The van der Waals surface area contributed by atoms with Crippen molar-refractivity contribution in [3.63, 3.8) is 0 Å². The number of anilines is 1. The van der Waals surface area contributed by atoms with E-state index in [0.29, 0.717) is 15.6 Å². The number of carbonyl (C=O) groups is 2. The van der Waals surface area contributed by atoms with Crippen molar-refractivity contribution in [2.45, 2.75) is 64.1 Å². The van der Waals surface area contributed by atoms with Gasteiger partial charge in [-0.2, -0.15) is 0 Å². The minimum absolute atomic E-state index is 0.00400. The van der Waals surface area contributed by atoms with E-state index in [1.807, 2.05) is 27.7 Å². The van der Waals surface area contributed by atoms with Crippen LogP contribution in [0.15, 0.2) is 71.6 Å². The second kappa shape index (κ2) is 13.8. The fourth-order valence-corrected chi connectivity index (χ4v) is 6.19. The Labute approximate surface area is 258 Å². The molecule has 3 rings (SSSR count). The first kappa shape index (κ1) is 33.2. The Bertz CT molecular complexity index is 1530. The van der Waals surface area contributed by atoms with Crippen LogP contribution in [0.2, 0.25) is 10.0 Å². The van der Waals surface area contributed by atoms with Crippen LogP contribution in [0.5, 0.6) is 5.75 Å². The highest BCUT2D eigenvalue weighted by atomic mass is 35.5. The van der Waals surface area contributed by atoms with Crippen LogP contribution in [0.1, 0.15) is 45.2 Å². The van der Waals surface area contributed by atoms with Crippen molar-refractivity contribution in [3.05, 3.63) is 87.9 Å². The van der Waals surface area contributed by atoms with Gasteiger partial charge >= 0.3 is 0 Å². The molecular weight excluding hydrogens is 597 g/mol. The summed E-state index contributed by atoms with van der Waals surface area (Å²) < 4.78 is 34.7. The minimum Gasteiger partial charge on any atom is -0.495 e. The van der Waals surface area contributed by atoms with E-state index in [4.69, 9.17) is 27.9 Å². The first-order chi connectivity index (χ1) is 19.7. The quantitative estimate of drug-likeness (QED) is 0.270. The minimum atomic E-state index is -4.23. The number of rotatable bonds is 11. The molecule has 8 nitrogen and oxygen atoms in total. The maximum Gasteiger partial charge on any atom is 0.264 e. The van der Waals surface area contributed by atoms with Gasteiger partial charge in [0.15, 0.2) is 0 Å². The molecule has 226 valence electrons. The third kappa shape index (κ3) is 8.18. The Balaban J connectivity index is 2.14. The second-order valence-electron chi connectivity index (χ2n) is 10.9. The van der Waals surface area contributed by atoms with E-state index in [0.717, 1.165) is 9.87 Å². The summed E-state index contributed by atoms with van der Waals surface area (Å²) >= 11 is 12.4. The molecule has 0 heterocycles. The van der Waals surface area contributed by atoms with Gasteiger partial charge in [0.25, 0.3) is 10.0 Å². The summed E-state index contributed by atoms with van der Waals surface area (Å²) in [6.45, 7) is 8.57. The zero-order chi connectivity index (χ0) is 31.2. The molecule has 0 saturated heterocycles. The van der Waals surface area contributed by atoms with Crippen LogP contribution in [-0.4, -0.2) is 50.4 Å². The predicted molar refractivity (Wildman–Crippen MR) is 168 cm³/mol. The lowest BCUT2D eigenvalue weighted by molar-refractivity contribution is -0.141. The van der Waals surface area contributed by atoms with Gasteiger partial charge in [-0.1, -0.05) is 60.5 Å². The molecule has 3 aromatic carbocycles. The van der Waals surface area contributed by atoms with Gasteiger partial charge in [-0.25, -0.2) is 8.42 Å². The van der Waals surface area contributed by atoms with Crippen LogP contribution in [0.25, 0.3) is 0 Å². The van der Waals surface area contributed by atoms with E-state index >= 15 is 0 Å². The molecule has 11 heteroatoms. The van der Waals surface area contributed by atoms with Crippen LogP contribution in [-0.2, 0) is 26.2 Å². The Morgan fingerprint density at radius 2 is 1.64 bits per heavy atom. The summed E-state index contributed by atoms with van der Waals surface area (Å²) in [5.74, 6) is -0.662. The van der Waals surface area contributed by atoms with Crippen LogP contribution in [0, 0.1) is 6.92 Å². The molecule has 0 radical (unpaired) electrons. The van der Waals surface area contributed by atoms with Gasteiger partial charge in [0.05, 0.1) is 27.7 Å². The molecule has 0 fully saturated rings. The SMILES string of the molecule is CC[C@H](C(=O)NC(C)(C)C)N(Cc1ccc(Cl)c(Cl)c1)C(=O)CN(c1cc(C)ccc1OC)S(=O)(=O)c1ccccc1. The standard InChI is InChI=1S/C31H37Cl2N3O5S/c1-7-26(30(38)34-31(3,4)5)35(19-22-14-15-24(32)25(33)18-22)29(37)20-36(27-17-21(2)13-16-28(27)41-6)42(39,40)23-11-9-8-10-12-23/h8-18,26H,7,19-20H2,1-6H3,(H,34,38)/t26-/m1/s1. The molecule has 3 aromatic rings. The van der Waals surface area contributed by atoms with Gasteiger partial charge < -0.3 is 15.0 Å². The normalized spacial score (nSPS) is 12.4. The zero-order valence-corrected chi connectivity index (χ0v) is 27.0. The number of nitrogens with zero attached hydrogens (tertiary/aromatic N) is 2. The molecule has 0 aliphatic heterocycles. The number of halogens is 2. The molecule has 0 aliphatic rings. The van der Waals surface area contributed by atoms with E-state index in [1.165, 1.54) is 24.1 Å². The molecule has 1 N–H and O–H groups in total. The molecule has 1 atom stereocenters. The Morgan fingerprint density at radius 3 is 2.21 bits per heavy atom. The molecule has 0 aromatic heterocycles. The van der Waals surface area contributed by atoms with Gasteiger partial charge in [-0.15, -0.1) is 0 Å². The largest absolute Gasteiger partial charge is 0.495 e. The lowest BCUT2D eigenvalue weighted by Gasteiger charge is -2.35. The van der Waals surface area contributed by atoms with Gasteiger partial charge in [-0.3, -0.25) is 13.9 Å². The average molecular weight is 635 g/mol. The maximum atomic E-state index is 14.3. The first-order valence-corrected chi connectivity index (χ1v) is 15.7. The number of amides is 2. The number of aryl methyl sites for hydroxylation is 1. The fraction of sp³-hybridized carbons (Fsp3) is 0.355. The van der Waals surface area contributed by atoms with Crippen molar-refractivity contribution >= 4 is 50.7 Å². The number of methoxy groups -OCH3 is 1. The van der Waals surface area contributed by atoms with E-state index < -0.39 is 34.1 Å². The number of nitrogens with one attached hydrogen (secondary N) is 1. The van der Waals surface area contributed by atoms with Crippen LogP contribution >= 0.6 is 23.2 Å². The Kier molecular flexibility index (Phi) is 10.9. The van der Waals surface area contributed by atoms with Crippen molar-refractivity contribution in [2.75, 3.05) is 18.0 Å². The number of hydrogen-bond acceptors (Lipinski definition) is 5. The number of carbonyl (C=O) groups excluding carboxylic acids is 2. The molecule has 42 heavy (non-hydrogen) atoms. The average Bonchev–Trinajstić information content (AvgIpc) is 2.92. The third-order valence-corrected chi connectivity index (χ3v) is 8.95. The first-order valence-electron chi connectivity index (χ1n) is 13.5. The van der Waals surface area contributed by atoms with E-state index in [1.54, 1.807) is 61.5 Å². The highest BCUT2D eigenvalue weighted by molar-refractivity contribution is 7.92. The number of sulfonamides is 1. The number of benzene rings is 3. The van der Waals surface area contributed by atoms with Crippen molar-refractivity contribution < 1.29 is 22.7 Å². The summed E-state index contributed by atoms with van der Waals surface area (Å²) in [4.78, 5) is 29.1. The molecule has 0 aliphatic carbocycles. The summed E-state index contributed by atoms with van der Waals surface area (Å²) in [6, 6.07) is 17.0. The van der Waals surface area contributed by atoms with Gasteiger partial charge in [0.2, 0.25) is 11.8 Å². The Morgan fingerprint density at radius 1 is 0.976 bits per heavy atom. The maximum absolute atomic E-state index is 14.3. The van der Waals surface area contributed by atoms with E-state index in [-0.39, 0.29) is 35.2 Å². The Hall–Kier alpha value is -3.27. The highest BCUT2D eigenvalue weighted by Crippen LogP contribution is 2.34. The summed E-state index contributed by atoms with van der Waals surface area (Å²) in [7, 11) is -2.80. The molecule has 0 spiro atoms.